The summed E-state index contributed by atoms with van der Waals surface area (Å²) in [6.07, 6.45) is 0.472. The van der Waals surface area contributed by atoms with Crippen LogP contribution in [0.3, 0.4) is 0 Å². The summed E-state index contributed by atoms with van der Waals surface area (Å²) in [5, 5.41) is 8.91. The molecule has 0 aliphatic heterocycles. The molecule has 7 heteroatoms. The van der Waals surface area contributed by atoms with E-state index < -0.39 is 31.8 Å². The van der Waals surface area contributed by atoms with Gasteiger partial charge >= 0.3 is 5.97 Å². The van der Waals surface area contributed by atoms with Crippen LogP contribution in [0.25, 0.3) is 11.1 Å². The van der Waals surface area contributed by atoms with E-state index in [0.29, 0.717) is 12.0 Å². The molecule has 2 aromatic carbocycles. The fourth-order valence-electron chi connectivity index (χ4n) is 2.98. The van der Waals surface area contributed by atoms with Crippen LogP contribution in [-0.2, 0) is 4.79 Å². The highest BCUT2D eigenvalue weighted by atomic mass is 28.4. The zero-order valence-electron chi connectivity index (χ0n) is 18.0. The van der Waals surface area contributed by atoms with Gasteiger partial charge in [0.05, 0.1) is 12.5 Å². The minimum atomic E-state index is -2.38. The van der Waals surface area contributed by atoms with E-state index in [1.165, 1.54) is 6.07 Å². The van der Waals surface area contributed by atoms with Crippen LogP contribution in [-0.4, -0.2) is 26.0 Å². The Morgan fingerprint density at radius 2 is 1.80 bits per heavy atom. The Hall–Kier alpha value is -2.41. The average molecular weight is 435 g/mol. The number of rotatable bonds is 7. The average Bonchev–Trinajstić information content (AvgIpc) is 3.44. The van der Waals surface area contributed by atoms with Crippen LogP contribution in [0.5, 0.6) is 11.5 Å². The quantitative estimate of drug-likeness (QED) is 0.534. The third-order valence-electron chi connectivity index (χ3n) is 6.07. The highest BCUT2D eigenvalue weighted by molar-refractivity contribution is 6.74. The molecular weight excluding hydrogens is 406 g/mol. The highest BCUT2D eigenvalue weighted by Gasteiger charge is 2.44. The van der Waals surface area contributed by atoms with Gasteiger partial charge in [-0.05, 0) is 36.2 Å². The Bertz CT molecular complexity index is 938. The first-order chi connectivity index (χ1) is 13.9. The number of halogens is 2. The Kier molecular flexibility index (Phi) is 5.96. The van der Waals surface area contributed by atoms with Gasteiger partial charge in [0.1, 0.15) is 0 Å². The Morgan fingerprint density at radius 3 is 2.33 bits per heavy atom. The lowest BCUT2D eigenvalue weighted by molar-refractivity contribution is -0.138. The van der Waals surface area contributed by atoms with E-state index in [1.807, 2.05) is 13.1 Å². The number of aliphatic carboxylic acids is 1. The molecule has 1 aliphatic carbocycles. The molecule has 0 radical (unpaired) electrons. The van der Waals surface area contributed by atoms with E-state index >= 15 is 4.39 Å². The molecule has 0 bridgehead atoms. The molecule has 0 spiro atoms. The van der Waals surface area contributed by atoms with Crippen LogP contribution in [0.15, 0.2) is 36.4 Å². The molecule has 0 saturated heterocycles. The van der Waals surface area contributed by atoms with Crippen molar-refractivity contribution in [3.8, 4) is 22.6 Å². The summed E-state index contributed by atoms with van der Waals surface area (Å²) < 4.78 is 42.0. The molecule has 2 atom stereocenters. The maximum Gasteiger partial charge on any atom is 0.306 e. The lowest BCUT2D eigenvalue weighted by Crippen LogP contribution is -2.44. The first-order valence-corrected chi connectivity index (χ1v) is 12.9. The molecule has 1 saturated carbocycles. The molecule has 1 fully saturated rings. The smallest absolute Gasteiger partial charge is 0.306 e. The van der Waals surface area contributed by atoms with Gasteiger partial charge in [-0.15, -0.1) is 0 Å². The van der Waals surface area contributed by atoms with Crippen LogP contribution >= 0.6 is 0 Å². The second-order valence-corrected chi connectivity index (χ2v) is 14.1. The van der Waals surface area contributed by atoms with Crippen LogP contribution in [0.1, 0.15) is 27.2 Å². The molecule has 162 valence electrons. The molecule has 1 N–H and O–H groups in total. The Morgan fingerprint density at radius 1 is 1.17 bits per heavy atom. The maximum absolute atomic E-state index is 15.1. The largest absolute Gasteiger partial charge is 0.541 e. The number of carboxylic acid groups (broad SMARTS) is 1. The van der Waals surface area contributed by atoms with E-state index in [0.717, 1.165) is 0 Å². The van der Waals surface area contributed by atoms with Crippen LogP contribution < -0.4 is 9.16 Å². The summed E-state index contributed by atoms with van der Waals surface area (Å²) in [6, 6.07) is 10.2. The van der Waals surface area contributed by atoms with Gasteiger partial charge in [0, 0.05) is 11.5 Å². The molecule has 3 rings (SSSR count). The first kappa shape index (κ1) is 22.3. The lowest BCUT2D eigenvalue weighted by atomic mass is 10.0. The van der Waals surface area contributed by atoms with Gasteiger partial charge in [0.15, 0.2) is 17.3 Å². The number of carbonyl (C=O) groups is 1. The van der Waals surface area contributed by atoms with Crippen LogP contribution in [0, 0.1) is 23.5 Å². The van der Waals surface area contributed by atoms with Gasteiger partial charge in [-0.2, -0.15) is 4.39 Å². The van der Waals surface area contributed by atoms with Crippen molar-refractivity contribution in [2.24, 2.45) is 11.8 Å². The van der Waals surface area contributed by atoms with Crippen molar-refractivity contribution in [3.05, 3.63) is 48.0 Å². The molecule has 0 heterocycles. The standard InChI is InChI=1S/C23H28F2O4Si/c1-23(2,3)30(4,5)29-18-12-16(14-9-7-6-8-10-14)19(24)20(25)21(18)28-13-15-11-17(15)22(26)27/h6-10,12,15,17H,11,13H2,1-5H3,(H,26,27). The van der Waals surface area contributed by atoms with Crippen molar-refractivity contribution < 1.29 is 27.8 Å². The van der Waals surface area contributed by atoms with Crippen LogP contribution in [0.4, 0.5) is 8.78 Å². The van der Waals surface area contributed by atoms with Crippen molar-refractivity contribution in [1.29, 1.82) is 0 Å². The van der Waals surface area contributed by atoms with Crippen molar-refractivity contribution >= 4 is 14.3 Å². The number of carboxylic acids is 1. The highest BCUT2D eigenvalue weighted by Crippen LogP contribution is 2.45. The topological polar surface area (TPSA) is 55.8 Å². The number of ether oxygens (including phenoxy) is 1. The van der Waals surface area contributed by atoms with Crippen LogP contribution in [0.2, 0.25) is 18.1 Å². The Balaban J connectivity index is 2.01. The third kappa shape index (κ3) is 4.51. The number of hydrogen-bond donors (Lipinski definition) is 1. The molecule has 1 aliphatic rings. The summed E-state index contributed by atoms with van der Waals surface area (Å²) in [6.45, 7) is 10.2. The molecule has 0 amide bonds. The Labute approximate surface area is 177 Å². The van der Waals surface area contributed by atoms with E-state index in [9.17, 15) is 9.18 Å². The summed E-state index contributed by atoms with van der Waals surface area (Å²) in [7, 11) is -2.38. The van der Waals surface area contributed by atoms with E-state index in [2.05, 4.69) is 20.8 Å². The van der Waals surface area contributed by atoms with Crippen molar-refractivity contribution in [2.75, 3.05) is 6.61 Å². The fourth-order valence-corrected chi connectivity index (χ4v) is 3.98. The minimum absolute atomic E-state index is 0.00583. The van der Waals surface area contributed by atoms with Gasteiger partial charge in [0.2, 0.25) is 5.82 Å². The van der Waals surface area contributed by atoms with Gasteiger partial charge in [-0.3, -0.25) is 4.79 Å². The van der Waals surface area contributed by atoms with Crippen molar-refractivity contribution in [3.63, 3.8) is 0 Å². The molecule has 30 heavy (non-hydrogen) atoms. The molecule has 4 nitrogen and oxygen atoms in total. The SMILES string of the molecule is CC(C)(C)[Si](C)(C)Oc1cc(-c2ccccc2)c(F)c(F)c1OCC1CC1C(=O)O. The zero-order chi connectivity index (χ0) is 22.3. The molecule has 2 unspecified atom stereocenters. The maximum atomic E-state index is 15.1. The van der Waals surface area contributed by atoms with Gasteiger partial charge in [-0.25, -0.2) is 4.39 Å². The summed E-state index contributed by atoms with van der Waals surface area (Å²) in [5.41, 5.74) is 0.637. The predicted octanol–water partition coefficient (Wildman–Crippen LogP) is 6.12. The van der Waals surface area contributed by atoms with E-state index in [4.69, 9.17) is 14.3 Å². The minimum Gasteiger partial charge on any atom is -0.541 e. The number of hydrogen-bond acceptors (Lipinski definition) is 3. The van der Waals surface area contributed by atoms with Gasteiger partial charge in [-0.1, -0.05) is 51.1 Å². The van der Waals surface area contributed by atoms with Crippen molar-refractivity contribution in [2.45, 2.75) is 45.3 Å². The van der Waals surface area contributed by atoms with Crippen molar-refractivity contribution in [1.82, 2.24) is 0 Å². The second-order valence-electron chi connectivity index (χ2n) is 9.36. The summed E-state index contributed by atoms with van der Waals surface area (Å²) in [4.78, 5) is 11.1. The molecule has 2 aromatic rings. The zero-order valence-corrected chi connectivity index (χ0v) is 19.0. The van der Waals surface area contributed by atoms with E-state index in [1.54, 1.807) is 30.3 Å². The normalized spacial score (nSPS) is 18.8. The summed E-state index contributed by atoms with van der Waals surface area (Å²) >= 11 is 0. The lowest BCUT2D eigenvalue weighted by Gasteiger charge is -2.37. The number of benzene rings is 2. The predicted molar refractivity (Wildman–Crippen MR) is 114 cm³/mol. The second kappa shape index (κ2) is 8.02. The third-order valence-corrected chi connectivity index (χ3v) is 10.4. The molecular formula is C23H28F2O4Si. The fraction of sp³-hybridized carbons (Fsp3) is 0.435. The first-order valence-electron chi connectivity index (χ1n) is 10.0. The monoisotopic (exact) mass is 434 g/mol. The van der Waals surface area contributed by atoms with Gasteiger partial charge < -0.3 is 14.3 Å². The van der Waals surface area contributed by atoms with Gasteiger partial charge in [0.25, 0.3) is 8.32 Å². The van der Waals surface area contributed by atoms with E-state index in [-0.39, 0.29) is 34.6 Å². The molecule has 0 aromatic heterocycles. The summed E-state index contributed by atoms with van der Waals surface area (Å²) in [5.74, 6) is -3.85.